The third-order valence-electron chi connectivity index (χ3n) is 4.49. The van der Waals surface area contributed by atoms with Crippen molar-refractivity contribution in [3.63, 3.8) is 0 Å². The van der Waals surface area contributed by atoms with Crippen LogP contribution in [-0.2, 0) is 0 Å². The van der Waals surface area contributed by atoms with Crippen molar-refractivity contribution < 1.29 is 0 Å². The zero-order valence-electron chi connectivity index (χ0n) is 11.7. The fraction of sp³-hybridized carbons (Fsp3) is 0.438. The summed E-state index contributed by atoms with van der Waals surface area (Å²) in [4.78, 5) is 10.9. The van der Waals surface area contributed by atoms with Gasteiger partial charge in [-0.1, -0.05) is 41.7 Å². The predicted octanol–water partition coefficient (Wildman–Crippen LogP) is 2.81. The summed E-state index contributed by atoms with van der Waals surface area (Å²) in [6.07, 6.45) is 2.02. The highest BCUT2D eigenvalue weighted by atomic mass is 32.1. The van der Waals surface area contributed by atoms with Crippen LogP contribution in [0.2, 0.25) is 0 Å². The molecule has 2 fully saturated rings. The summed E-state index contributed by atoms with van der Waals surface area (Å²) in [7, 11) is 2.24. The van der Waals surface area contributed by atoms with Crippen molar-refractivity contribution in [1.29, 1.82) is 0 Å². The fourth-order valence-corrected chi connectivity index (χ4v) is 4.47. The minimum atomic E-state index is 0.837. The molecule has 20 heavy (non-hydrogen) atoms. The first-order valence-electron chi connectivity index (χ1n) is 7.24. The summed E-state index contributed by atoms with van der Waals surface area (Å²) in [5, 5.41) is 1.20. The predicted molar refractivity (Wildman–Crippen MR) is 84.2 cm³/mol. The molecule has 0 N–H and O–H groups in total. The second-order valence-corrected chi connectivity index (χ2v) is 7.03. The van der Waals surface area contributed by atoms with Crippen LogP contribution in [0.4, 0.5) is 5.13 Å². The van der Waals surface area contributed by atoms with Crippen LogP contribution in [-0.4, -0.2) is 43.1 Å². The number of aromatic nitrogens is 1. The first-order valence-corrected chi connectivity index (χ1v) is 8.06. The van der Waals surface area contributed by atoms with Crippen LogP contribution in [0.5, 0.6) is 0 Å². The topological polar surface area (TPSA) is 19.4 Å². The molecule has 0 bridgehead atoms. The van der Waals surface area contributed by atoms with E-state index >= 15 is 0 Å². The third kappa shape index (κ3) is 2.13. The van der Waals surface area contributed by atoms with Gasteiger partial charge in [0.25, 0.3) is 0 Å². The van der Waals surface area contributed by atoms with Gasteiger partial charge >= 0.3 is 0 Å². The Hall–Kier alpha value is -1.39. The summed E-state index contributed by atoms with van der Waals surface area (Å²) < 4.78 is 0. The lowest BCUT2D eigenvalue weighted by Crippen LogP contribution is -2.26. The summed E-state index contributed by atoms with van der Waals surface area (Å²) in [6.45, 7) is 4.85. The molecule has 3 heterocycles. The van der Waals surface area contributed by atoms with E-state index in [4.69, 9.17) is 0 Å². The lowest BCUT2D eigenvalue weighted by Gasteiger charge is -2.18. The quantitative estimate of drug-likeness (QED) is 0.846. The Morgan fingerprint density at radius 3 is 2.45 bits per heavy atom. The highest BCUT2D eigenvalue weighted by molar-refractivity contribution is 7.18. The van der Waals surface area contributed by atoms with E-state index in [1.165, 1.54) is 41.8 Å². The van der Waals surface area contributed by atoms with Gasteiger partial charge < -0.3 is 9.80 Å². The van der Waals surface area contributed by atoms with E-state index in [1.807, 2.05) is 17.5 Å². The summed E-state index contributed by atoms with van der Waals surface area (Å²) >= 11 is 1.82. The normalized spacial score (nSPS) is 26.1. The summed E-state index contributed by atoms with van der Waals surface area (Å²) in [6, 6.07) is 10.6. The van der Waals surface area contributed by atoms with Crippen LogP contribution in [0, 0.1) is 11.8 Å². The Bertz CT molecular complexity index is 581. The first kappa shape index (κ1) is 12.4. The van der Waals surface area contributed by atoms with Crippen molar-refractivity contribution in [3.8, 4) is 10.4 Å². The van der Waals surface area contributed by atoms with E-state index in [0.29, 0.717) is 0 Å². The molecule has 2 saturated heterocycles. The third-order valence-corrected chi connectivity index (χ3v) is 5.60. The van der Waals surface area contributed by atoms with Crippen molar-refractivity contribution in [2.45, 2.75) is 0 Å². The highest BCUT2D eigenvalue weighted by Crippen LogP contribution is 2.37. The molecule has 0 aliphatic carbocycles. The largest absolute Gasteiger partial charge is 0.347 e. The molecule has 3 nitrogen and oxygen atoms in total. The number of rotatable bonds is 2. The average molecular weight is 285 g/mol. The minimum Gasteiger partial charge on any atom is -0.347 e. The SMILES string of the molecule is CN1CC2CN(c3ncc(-c4ccccc4)s3)CC2C1. The number of hydrogen-bond acceptors (Lipinski definition) is 4. The molecule has 2 unspecified atom stereocenters. The zero-order chi connectivity index (χ0) is 13.5. The smallest absolute Gasteiger partial charge is 0.185 e. The standard InChI is InChI=1S/C16H19N3S/c1-18-8-13-10-19(11-14(13)9-18)16-17-7-15(20-16)12-5-3-2-4-6-12/h2-7,13-14H,8-11H2,1H3. The lowest BCUT2D eigenvalue weighted by molar-refractivity contribution is 0.387. The van der Waals surface area contributed by atoms with Gasteiger partial charge in [-0.05, 0) is 24.4 Å². The van der Waals surface area contributed by atoms with Crippen molar-refractivity contribution in [1.82, 2.24) is 9.88 Å². The number of fused-ring (bicyclic) bond motifs is 1. The maximum atomic E-state index is 4.65. The van der Waals surface area contributed by atoms with Crippen molar-refractivity contribution >= 4 is 16.5 Å². The van der Waals surface area contributed by atoms with Crippen LogP contribution < -0.4 is 4.90 Å². The first-order chi connectivity index (χ1) is 9.79. The van der Waals surface area contributed by atoms with Crippen LogP contribution in [0.1, 0.15) is 0 Å². The second kappa shape index (κ2) is 4.86. The molecule has 0 spiro atoms. The van der Waals surface area contributed by atoms with Gasteiger partial charge in [0.2, 0.25) is 0 Å². The van der Waals surface area contributed by atoms with E-state index in [0.717, 1.165) is 11.8 Å². The Morgan fingerprint density at radius 1 is 1.05 bits per heavy atom. The van der Waals surface area contributed by atoms with Crippen LogP contribution >= 0.6 is 11.3 Å². The maximum absolute atomic E-state index is 4.65. The molecule has 2 aromatic rings. The Balaban J connectivity index is 1.52. The molecular formula is C16H19N3S. The molecule has 2 atom stereocenters. The Morgan fingerprint density at radius 2 is 1.75 bits per heavy atom. The second-order valence-electron chi connectivity index (χ2n) is 6.02. The molecule has 1 aromatic carbocycles. The van der Waals surface area contributed by atoms with Gasteiger partial charge in [-0.3, -0.25) is 0 Å². The van der Waals surface area contributed by atoms with Gasteiger partial charge in [-0.25, -0.2) is 4.98 Å². The molecule has 0 amide bonds. The van der Waals surface area contributed by atoms with Crippen molar-refractivity contribution in [2.75, 3.05) is 38.1 Å². The fourth-order valence-electron chi connectivity index (χ4n) is 3.53. The molecular weight excluding hydrogens is 266 g/mol. The maximum Gasteiger partial charge on any atom is 0.185 e. The average Bonchev–Trinajstić information content (AvgIpc) is 3.12. The number of anilines is 1. The van der Waals surface area contributed by atoms with Gasteiger partial charge in [0, 0.05) is 32.4 Å². The monoisotopic (exact) mass is 285 g/mol. The molecule has 0 saturated carbocycles. The molecule has 2 aliphatic rings. The van der Waals surface area contributed by atoms with Crippen LogP contribution in [0.25, 0.3) is 10.4 Å². The van der Waals surface area contributed by atoms with Gasteiger partial charge in [0.15, 0.2) is 5.13 Å². The number of hydrogen-bond donors (Lipinski definition) is 0. The molecule has 4 rings (SSSR count). The minimum absolute atomic E-state index is 0.837. The summed E-state index contributed by atoms with van der Waals surface area (Å²) in [5.74, 6) is 1.67. The van der Waals surface area contributed by atoms with Crippen LogP contribution in [0.3, 0.4) is 0 Å². The van der Waals surface area contributed by atoms with Crippen molar-refractivity contribution in [2.24, 2.45) is 11.8 Å². The Labute approximate surface area is 123 Å². The molecule has 104 valence electrons. The van der Waals surface area contributed by atoms with E-state index in [9.17, 15) is 0 Å². The van der Waals surface area contributed by atoms with Gasteiger partial charge in [0.1, 0.15) is 0 Å². The van der Waals surface area contributed by atoms with E-state index in [2.05, 4.69) is 52.2 Å². The van der Waals surface area contributed by atoms with Crippen LogP contribution in [0.15, 0.2) is 36.5 Å². The number of nitrogens with zero attached hydrogens (tertiary/aromatic N) is 3. The zero-order valence-corrected chi connectivity index (χ0v) is 12.5. The van der Waals surface area contributed by atoms with Gasteiger partial charge in [-0.2, -0.15) is 0 Å². The van der Waals surface area contributed by atoms with E-state index < -0.39 is 0 Å². The number of thiazole rings is 1. The van der Waals surface area contributed by atoms with E-state index in [-0.39, 0.29) is 0 Å². The van der Waals surface area contributed by atoms with Gasteiger partial charge in [-0.15, -0.1) is 0 Å². The number of benzene rings is 1. The molecule has 1 aromatic heterocycles. The highest BCUT2D eigenvalue weighted by Gasteiger charge is 2.39. The van der Waals surface area contributed by atoms with Crippen molar-refractivity contribution in [3.05, 3.63) is 36.5 Å². The molecule has 4 heteroatoms. The van der Waals surface area contributed by atoms with Gasteiger partial charge in [0.05, 0.1) is 4.88 Å². The van der Waals surface area contributed by atoms with E-state index in [1.54, 1.807) is 0 Å². The Kier molecular flexibility index (Phi) is 3.00. The lowest BCUT2D eigenvalue weighted by atomic mass is 10.0. The number of likely N-dealkylation sites (tertiary alicyclic amines) is 1. The summed E-state index contributed by atoms with van der Waals surface area (Å²) in [5.41, 5.74) is 1.27. The molecule has 0 radical (unpaired) electrons. The molecule has 2 aliphatic heterocycles.